The maximum Gasteiger partial charge on any atom is 0.407 e. The molecule has 1 fully saturated rings. The number of esters is 1. The number of nitrogens with zero attached hydrogens (tertiary/aromatic N) is 1. The molecular weight excluding hydrogens is 236 g/mol. The van der Waals surface area contributed by atoms with Gasteiger partial charge in [0.1, 0.15) is 0 Å². The number of rotatable bonds is 5. The number of amides is 1. The predicted octanol–water partition coefficient (Wildman–Crippen LogP) is 1.06. The predicted molar refractivity (Wildman–Crippen MR) is 66.5 cm³/mol. The molecule has 0 aromatic carbocycles. The van der Waals surface area contributed by atoms with Crippen LogP contribution >= 0.6 is 0 Å². The molecule has 0 aliphatic carbocycles. The summed E-state index contributed by atoms with van der Waals surface area (Å²) in [7, 11) is 1.39. The second-order valence-corrected chi connectivity index (χ2v) is 4.60. The highest BCUT2D eigenvalue weighted by molar-refractivity contribution is 5.69. The number of ether oxygens (including phenoxy) is 1. The van der Waals surface area contributed by atoms with Crippen molar-refractivity contribution in [1.29, 1.82) is 0 Å². The number of carbonyl (C=O) groups excluding carboxylic acids is 1. The van der Waals surface area contributed by atoms with Gasteiger partial charge in [0.2, 0.25) is 0 Å². The molecule has 1 aliphatic rings. The highest BCUT2D eigenvalue weighted by atomic mass is 16.5. The van der Waals surface area contributed by atoms with Crippen molar-refractivity contribution >= 4 is 12.1 Å². The normalized spacial score (nSPS) is 18.4. The van der Waals surface area contributed by atoms with Gasteiger partial charge in [0.05, 0.1) is 13.5 Å². The highest BCUT2D eigenvalue weighted by Crippen LogP contribution is 2.12. The van der Waals surface area contributed by atoms with E-state index >= 15 is 0 Å². The Bertz CT molecular complexity index is 288. The van der Waals surface area contributed by atoms with Gasteiger partial charge in [0.15, 0.2) is 0 Å². The van der Waals surface area contributed by atoms with Gasteiger partial charge in [-0.1, -0.05) is 6.92 Å². The fourth-order valence-corrected chi connectivity index (χ4v) is 2.18. The molecule has 6 heteroatoms. The summed E-state index contributed by atoms with van der Waals surface area (Å²) in [5.41, 5.74) is 0. The first-order chi connectivity index (χ1) is 8.56. The largest absolute Gasteiger partial charge is 0.469 e. The first-order valence-corrected chi connectivity index (χ1v) is 6.37. The molecule has 2 N–H and O–H groups in total. The van der Waals surface area contributed by atoms with Gasteiger partial charge in [0.25, 0.3) is 0 Å². The van der Waals surface area contributed by atoms with Crippen molar-refractivity contribution in [2.75, 3.05) is 20.2 Å². The lowest BCUT2D eigenvalue weighted by Crippen LogP contribution is -2.47. The summed E-state index contributed by atoms with van der Waals surface area (Å²) in [6, 6.07) is 0.397. The SMILES string of the molecule is CC[C@@H](CC(=O)OC)NC1CCN(C(=O)O)CC1. The van der Waals surface area contributed by atoms with Crippen LogP contribution in [0.25, 0.3) is 0 Å². The first kappa shape index (κ1) is 14.8. The number of hydrogen-bond acceptors (Lipinski definition) is 4. The fourth-order valence-electron chi connectivity index (χ4n) is 2.18. The molecule has 1 rings (SSSR count). The first-order valence-electron chi connectivity index (χ1n) is 6.37. The van der Waals surface area contributed by atoms with Crippen LogP contribution < -0.4 is 5.32 Å². The van der Waals surface area contributed by atoms with Crippen LogP contribution in [0.4, 0.5) is 4.79 Å². The van der Waals surface area contributed by atoms with Crippen LogP contribution in [0, 0.1) is 0 Å². The molecule has 0 radical (unpaired) electrons. The topological polar surface area (TPSA) is 78.9 Å². The lowest BCUT2D eigenvalue weighted by Gasteiger charge is -2.32. The molecule has 1 aliphatic heterocycles. The van der Waals surface area contributed by atoms with Crippen LogP contribution in [0.15, 0.2) is 0 Å². The molecule has 0 bridgehead atoms. The summed E-state index contributed by atoms with van der Waals surface area (Å²) in [4.78, 5) is 23.4. The van der Waals surface area contributed by atoms with E-state index in [1.54, 1.807) is 0 Å². The minimum absolute atomic E-state index is 0.110. The maximum absolute atomic E-state index is 11.2. The lowest BCUT2D eigenvalue weighted by molar-refractivity contribution is -0.141. The lowest BCUT2D eigenvalue weighted by atomic mass is 10.0. The third-order valence-corrected chi connectivity index (χ3v) is 3.37. The van der Waals surface area contributed by atoms with Crippen LogP contribution in [0.5, 0.6) is 0 Å². The summed E-state index contributed by atoms with van der Waals surface area (Å²) in [6.07, 6.45) is 1.96. The van der Waals surface area contributed by atoms with E-state index < -0.39 is 6.09 Å². The summed E-state index contributed by atoms with van der Waals surface area (Å²) in [6.45, 7) is 3.14. The van der Waals surface area contributed by atoms with E-state index in [-0.39, 0.29) is 18.1 Å². The van der Waals surface area contributed by atoms with Gasteiger partial charge in [-0.2, -0.15) is 0 Å². The van der Waals surface area contributed by atoms with Gasteiger partial charge in [-0.3, -0.25) is 4.79 Å². The molecule has 1 amide bonds. The van der Waals surface area contributed by atoms with Crippen molar-refractivity contribution in [3.63, 3.8) is 0 Å². The molecule has 0 saturated carbocycles. The van der Waals surface area contributed by atoms with E-state index in [2.05, 4.69) is 10.1 Å². The van der Waals surface area contributed by atoms with Crippen molar-refractivity contribution in [2.45, 2.75) is 44.7 Å². The van der Waals surface area contributed by atoms with Gasteiger partial charge in [-0.05, 0) is 19.3 Å². The van der Waals surface area contributed by atoms with Crippen molar-refractivity contribution in [3.05, 3.63) is 0 Å². The summed E-state index contributed by atoms with van der Waals surface area (Å²) in [5, 5.41) is 12.3. The molecule has 6 nitrogen and oxygen atoms in total. The number of piperidine rings is 1. The van der Waals surface area contributed by atoms with Crippen LogP contribution in [0.2, 0.25) is 0 Å². The molecule has 0 aromatic heterocycles. The molecule has 0 aromatic rings. The quantitative estimate of drug-likeness (QED) is 0.721. The second-order valence-electron chi connectivity index (χ2n) is 4.60. The monoisotopic (exact) mass is 258 g/mol. The van der Waals surface area contributed by atoms with Crippen LogP contribution in [0.3, 0.4) is 0 Å². The molecule has 18 heavy (non-hydrogen) atoms. The van der Waals surface area contributed by atoms with Crippen molar-refractivity contribution in [1.82, 2.24) is 10.2 Å². The summed E-state index contributed by atoms with van der Waals surface area (Å²) >= 11 is 0. The van der Waals surface area contributed by atoms with E-state index in [9.17, 15) is 9.59 Å². The molecule has 0 spiro atoms. The Morgan fingerprint density at radius 3 is 2.50 bits per heavy atom. The Morgan fingerprint density at radius 1 is 1.44 bits per heavy atom. The zero-order valence-electron chi connectivity index (χ0n) is 11.0. The number of likely N-dealkylation sites (tertiary alicyclic amines) is 1. The standard InChI is InChI=1S/C12H22N2O4/c1-3-9(8-11(15)18-2)13-10-4-6-14(7-5-10)12(16)17/h9-10,13H,3-8H2,1-2H3,(H,16,17)/t9-/m0/s1. The van der Waals surface area contributed by atoms with Crippen LogP contribution in [-0.4, -0.2) is 54.4 Å². The molecule has 1 atom stereocenters. The van der Waals surface area contributed by atoms with Crippen molar-refractivity contribution in [3.8, 4) is 0 Å². The Balaban J connectivity index is 2.34. The summed E-state index contributed by atoms with van der Waals surface area (Å²) < 4.78 is 4.66. The van der Waals surface area contributed by atoms with Crippen LogP contribution in [-0.2, 0) is 9.53 Å². The van der Waals surface area contributed by atoms with Gasteiger partial charge >= 0.3 is 12.1 Å². The number of nitrogens with one attached hydrogen (secondary N) is 1. The third kappa shape index (κ3) is 4.52. The minimum atomic E-state index is -0.852. The molecular formula is C12H22N2O4. The third-order valence-electron chi connectivity index (χ3n) is 3.37. The second kappa shape index (κ2) is 7.20. The molecule has 0 unspecified atom stereocenters. The number of carbonyl (C=O) groups is 2. The van der Waals surface area contributed by atoms with E-state index in [0.29, 0.717) is 19.5 Å². The summed E-state index contributed by atoms with van der Waals surface area (Å²) in [5.74, 6) is -0.211. The fraction of sp³-hybridized carbons (Fsp3) is 0.833. The van der Waals surface area contributed by atoms with Crippen LogP contribution in [0.1, 0.15) is 32.6 Å². The van der Waals surface area contributed by atoms with Crippen molar-refractivity contribution < 1.29 is 19.4 Å². The smallest absolute Gasteiger partial charge is 0.407 e. The zero-order chi connectivity index (χ0) is 13.5. The van der Waals surface area contributed by atoms with E-state index in [1.165, 1.54) is 12.0 Å². The average Bonchev–Trinajstić information content (AvgIpc) is 2.38. The van der Waals surface area contributed by atoms with Crippen molar-refractivity contribution in [2.24, 2.45) is 0 Å². The number of hydrogen-bond donors (Lipinski definition) is 2. The van der Waals surface area contributed by atoms with Gasteiger partial charge < -0.3 is 20.1 Å². The number of methoxy groups -OCH3 is 1. The Labute approximate surface area is 107 Å². The maximum atomic E-state index is 11.2. The van der Waals surface area contributed by atoms with E-state index in [1.807, 2.05) is 6.92 Å². The molecule has 1 heterocycles. The van der Waals surface area contributed by atoms with E-state index in [0.717, 1.165) is 19.3 Å². The Morgan fingerprint density at radius 2 is 2.06 bits per heavy atom. The molecule has 1 saturated heterocycles. The number of carboxylic acid groups (broad SMARTS) is 1. The Hall–Kier alpha value is -1.30. The van der Waals surface area contributed by atoms with Gasteiger partial charge in [-0.25, -0.2) is 4.79 Å². The average molecular weight is 258 g/mol. The van der Waals surface area contributed by atoms with Gasteiger partial charge in [-0.15, -0.1) is 0 Å². The minimum Gasteiger partial charge on any atom is -0.469 e. The molecule has 104 valence electrons. The zero-order valence-corrected chi connectivity index (χ0v) is 11.0. The Kier molecular flexibility index (Phi) is 5.91. The highest BCUT2D eigenvalue weighted by Gasteiger charge is 2.24. The van der Waals surface area contributed by atoms with Gasteiger partial charge in [0, 0.05) is 25.2 Å². The van der Waals surface area contributed by atoms with E-state index in [4.69, 9.17) is 5.11 Å².